The van der Waals surface area contributed by atoms with Gasteiger partial charge in [-0.3, -0.25) is 9.69 Å². The normalized spacial score (nSPS) is 20.3. The molecule has 19 heavy (non-hydrogen) atoms. The Kier molecular flexibility index (Phi) is 4.56. The molecule has 0 radical (unpaired) electrons. The van der Waals surface area contributed by atoms with Crippen molar-refractivity contribution in [3.63, 3.8) is 0 Å². The van der Waals surface area contributed by atoms with Crippen molar-refractivity contribution in [2.24, 2.45) is 0 Å². The monoisotopic (exact) mass is 263 g/mol. The number of benzene rings is 1. The molecule has 1 aromatic rings. The summed E-state index contributed by atoms with van der Waals surface area (Å²) < 4.78 is 10.9. The average Bonchev–Trinajstić information content (AvgIpc) is 2.46. The molecular weight excluding hydrogens is 242 g/mol. The number of ether oxygens (including phenoxy) is 2. The highest BCUT2D eigenvalue weighted by molar-refractivity contribution is 6.02. The zero-order chi connectivity index (χ0) is 13.8. The summed E-state index contributed by atoms with van der Waals surface area (Å²) in [6.07, 6.45) is -0.385. The number of rotatable bonds is 4. The van der Waals surface area contributed by atoms with Crippen LogP contribution in [0.3, 0.4) is 0 Å². The summed E-state index contributed by atoms with van der Waals surface area (Å²) >= 11 is 0. The van der Waals surface area contributed by atoms with Crippen LogP contribution in [0.15, 0.2) is 18.2 Å². The minimum absolute atomic E-state index is 0.0127. The fourth-order valence-electron chi connectivity index (χ4n) is 2.34. The predicted molar refractivity (Wildman–Crippen MR) is 73.9 cm³/mol. The van der Waals surface area contributed by atoms with Crippen molar-refractivity contribution in [1.82, 2.24) is 4.90 Å². The van der Waals surface area contributed by atoms with E-state index >= 15 is 0 Å². The van der Waals surface area contributed by atoms with Gasteiger partial charge in [-0.25, -0.2) is 0 Å². The summed E-state index contributed by atoms with van der Waals surface area (Å²) in [7, 11) is 1.58. The average molecular weight is 263 g/mol. The molecule has 0 aliphatic carbocycles. The second-order valence-electron chi connectivity index (χ2n) is 4.82. The number of hydrogen-bond acceptors (Lipinski definition) is 4. The van der Waals surface area contributed by atoms with Crippen LogP contribution in [0.2, 0.25) is 0 Å². The van der Waals surface area contributed by atoms with Gasteiger partial charge in [0.05, 0.1) is 19.3 Å². The highest BCUT2D eigenvalue weighted by Crippen LogP contribution is 2.23. The number of Topliss-reactive ketones (excluding diaryl/α,β-unsaturated/α-hetero) is 1. The third kappa shape index (κ3) is 3.14. The number of methoxy groups -OCH3 is 1. The number of likely N-dealkylation sites (N-methyl/N-ethyl adjacent to an activating group) is 1. The lowest BCUT2D eigenvalue weighted by atomic mass is 10.0. The molecular formula is C15H21NO3. The molecule has 1 aliphatic rings. The van der Waals surface area contributed by atoms with Gasteiger partial charge in [0.15, 0.2) is 5.78 Å². The van der Waals surface area contributed by atoms with Gasteiger partial charge in [-0.05, 0) is 25.6 Å². The third-order valence-corrected chi connectivity index (χ3v) is 3.51. The molecule has 1 fully saturated rings. The Morgan fingerprint density at radius 1 is 1.53 bits per heavy atom. The number of carbonyl (C=O) groups is 1. The van der Waals surface area contributed by atoms with Crippen LogP contribution in [0.25, 0.3) is 0 Å². The Morgan fingerprint density at radius 3 is 3.00 bits per heavy atom. The molecule has 0 spiro atoms. The molecule has 104 valence electrons. The number of ketones is 1. The SMILES string of the molecule is CCN1CCOC(C(=O)c2cc(C)ccc2OC)C1. The van der Waals surface area contributed by atoms with Crippen LogP contribution in [-0.4, -0.2) is 50.1 Å². The smallest absolute Gasteiger partial charge is 0.196 e. The molecule has 2 rings (SSSR count). The Morgan fingerprint density at radius 2 is 2.32 bits per heavy atom. The van der Waals surface area contributed by atoms with Crippen molar-refractivity contribution >= 4 is 5.78 Å². The molecule has 1 unspecified atom stereocenters. The standard InChI is InChI=1S/C15H21NO3/c1-4-16-7-8-19-14(10-16)15(17)12-9-11(2)5-6-13(12)18-3/h5-6,9,14H,4,7-8,10H2,1-3H3. The maximum absolute atomic E-state index is 12.6. The third-order valence-electron chi connectivity index (χ3n) is 3.51. The fraction of sp³-hybridized carbons (Fsp3) is 0.533. The van der Waals surface area contributed by atoms with Crippen molar-refractivity contribution in [3.05, 3.63) is 29.3 Å². The Bertz CT molecular complexity index is 459. The quantitative estimate of drug-likeness (QED) is 0.778. The predicted octanol–water partition coefficient (Wildman–Crippen LogP) is 1.91. The lowest BCUT2D eigenvalue weighted by Gasteiger charge is -2.31. The number of carbonyl (C=O) groups excluding carboxylic acids is 1. The first-order valence-corrected chi connectivity index (χ1v) is 6.68. The molecule has 1 heterocycles. The highest BCUT2D eigenvalue weighted by Gasteiger charge is 2.28. The first-order valence-electron chi connectivity index (χ1n) is 6.68. The summed E-state index contributed by atoms with van der Waals surface area (Å²) in [4.78, 5) is 14.8. The summed E-state index contributed by atoms with van der Waals surface area (Å²) in [6, 6.07) is 5.65. The number of hydrogen-bond donors (Lipinski definition) is 0. The van der Waals surface area contributed by atoms with Gasteiger partial charge in [0.2, 0.25) is 0 Å². The summed E-state index contributed by atoms with van der Waals surface area (Å²) in [5, 5.41) is 0. The van der Waals surface area contributed by atoms with Gasteiger partial charge in [0.1, 0.15) is 11.9 Å². The van der Waals surface area contributed by atoms with E-state index in [2.05, 4.69) is 11.8 Å². The van der Waals surface area contributed by atoms with Gasteiger partial charge in [-0.2, -0.15) is 0 Å². The maximum Gasteiger partial charge on any atom is 0.196 e. The molecule has 0 amide bonds. The van der Waals surface area contributed by atoms with E-state index in [4.69, 9.17) is 9.47 Å². The summed E-state index contributed by atoms with van der Waals surface area (Å²) in [6.45, 7) is 7.17. The molecule has 1 aromatic carbocycles. The van der Waals surface area contributed by atoms with Crippen LogP contribution in [0.1, 0.15) is 22.8 Å². The van der Waals surface area contributed by atoms with Crippen molar-refractivity contribution < 1.29 is 14.3 Å². The van der Waals surface area contributed by atoms with Crippen LogP contribution >= 0.6 is 0 Å². The van der Waals surface area contributed by atoms with E-state index < -0.39 is 0 Å². The number of aryl methyl sites for hydroxylation is 1. The van der Waals surface area contributed by atoms with Crippen LogP contribution in [-0.2, 0) is 4.74 Å². The van der Waals surface area contributed by atoms with Gasteiger partial charge in [-0.15, -0.1) is 0 Å². The highest BCUT2D eigenvalue weighted by atomic mass is 16.5. The zero-order valence-corrected chi connectivity index (χ0v) is 11.8. The van der Waals surface area contributed by atoms with Crippen molar-refractivity contribution in [1.29, 1.82) is 0 Å². The summed E-state index contributed by atoms with van der Waals surface area (Å²) in [5.41, 5.74) is 1.66. The van der Waals surface area contributed by atoms with Gasteiger partial charge in [0.25, 0.3) is 0 Å². The van der Waals surface area contributed by atoms with E-state index in [1.165, 1.54) is 0 Å². The Balaban J connectivity index is 2.21. The largest absolute Gasteiger partial charge is 0.496 e. The summed E-state index contributed by atoms with van der Waals surface area (Å²) in [5.74, 6) is 0.631. The van der Waals surface area contributed by atoms with Crippen molar-refractivity contribution in [3.8, 4) is 5.75 Å². The van der Waals surface area contributed by atoms with Crippen LogP contribution in [0, 0.1) is 6.92 Å². The second kappa shape index (κ2) is 6.17. The van der Waals surface area contributed by atoms with Crippen molar-refractivity contribution in [2.45, 2.75) is 20.0 Å². The molecule has 0 aromatic heterocycles. The van der Waals surface area contributed by atoms with Gasteiger partial charge >= 0.3 is 0 Å². The molecule has 4 heteroatoms. The minimum atomic E-state index is -0.385. The Labute approximate surface area is 114 Å². The molecule has 1 saturated heterocycles. The topological polar surface area (TPSA) is 38.8 Å². The van der Waals surface area contributed by atoms with E-state index in [0.29, 0.717) is 24.5 Å². The minimum Gasteiger partial charge on any atom is -0.496 e. The van der Waals surface area contributed by atoms with E-state index in [-0.39, 0.29) is 11.9 Å². The zero-order valence-electron chi connectivity index (χ0n) is 11.8. The molecule has 0 N–H and O–H groups in total. The fourth-order valence-corrected chi connectivity index (χ4v) is 2.34. The van der Waals surface area contributed by atoms with Crippen LogP contribution in [0.5, 0.6) is 5.75 Å². The molecule has 1 atom stereocenters. The molecule has 1 aliphatic heterocycles. The van der Waals surface area contributed by atoms with Crippen LogP contribution in [0.4, 0.5) is 0 Å². The maximum atomic E-state index is 12.6. The second-order valence-corrected chi connectivity index (χ2v) is 4.82. The number of morpholine rings is 1. The molecule has 0 saturated carbocycles. The first-order chi connectivity index (χ1) is 9.15. The van der Waals surface area contributed by atoms with E-state index in [9.17, 15) is 4.79 Å². The van der Waals surface area contributed by atoms with E-state index in [0.717, 1.165) is 18.7 Å². The number of nitrogens with zero attached hydrogens (tertiary/aromatic N) is 1. The van der Waals surface area contributed by atoms with E-state index in [1.807, 2.05) is 25.1 Å². The molecule has 4 nitrogen and oxygen atoms in total. The van der Waals surface area contributed by atoms with E-state index in [1.54, 1.807) is 7.11 Å². The molecule has 0 bridgehead atoms. The van der Waals surface area contributed by atoms with Crippen molar-refractivity contribution in [2.75, 3.05) is 33.4 Å². The van der Waals surface area contributed by atoms with Gasteiger partial charge < -0.3 is 9.47 Å². The van der Waals surface area contributed by atoms with Crippen LogP contribution < -0.4 is 4.74 Å². The van der Waals surface area contributed by atoms with Gasteiger partial charge in [0, 0.05) is 13.1 Å². The first kappa shape index (κ1) is 14.0. The Hall–Kier alpha value is -1.39. The lowest BCUT2D eigenvalue weighted by Crippen LogP contribution is -2.45. The lowest BCUT2D eigenvalue weighted by molar-refractivity contribution is -0.0149. The van der Waals surface area contributed by atoms with Gasteiger partial charge in [-0.1, -0.05) is 18.6 Å².